The molecule has 0 saturated carbocycles. The summed E-state index contributed by atoms with van der Waals surface area (Å²) >= 11 is 0. The van der Waals surface area contributed by atoms with Crippen LogP contribution in [-0.2, 0) is 24.3 Å². The van der Waals surface area contributed by atoms with Crippen LogP contribution in [0.2, 0.25) is 0 Å². The summed E-state index contributed by atoms with van der Waals surface area (Å²) in [5.74, 6) is 0.671. The van der Waals surface area contributed by atoms with Crippen molar-refractivity contribution in [3.05, 3.63) is 95.6 Å². The average Bonchev–Trinajstić information content (AvgIpc) is 3.11. The normalized spacial score (nSPS) is 10.8. The van der Waals surface area contributed by atoms with Crippen LogP contribution in [0.5, 0.6) is 5.75 Å². The van der Waals surface area contributed by atoms with E-state index in [0.29, 0.717) is 18.8 Å². The van der Waals surface area contributed by atoms with Crippen molar-refractivity contribution in [1.82, 2.24) is 4.98 Å². The standard InChI is InChI=1S/C25H24N2O3/c1-30-20-12-13-23-21(14-20)22(15-24(28)29)25(26-23)27(16-18-8-4-2-5-9-18)17-19-10-6-3-7-11-19/h2-14,26H,15-17H2,1H3,(H,28,29). The van der Waals surface area contributed by atoms with Gasteiger partial charge in [0.05, 0.1) is 13.5 Å². The highest BCUT2D eigenvalue weighted by Crippen LogP contribution is 2.33. The molecule has 2 N–H and O–H groups in total. The molecule has 5 nitrogen and oxygen atoms in total. The number of aromatic amines is 1. The van der Waals surface area contributed by atoms with Crippen molar-refractivity contribution >= 4 is 22.7 Å². The fraction of sp³-hybridized carbons (Fsp3) is 0.160. The van der Waals surface area contributed by atoms with Crippen LogP contribution in [0.4, 0.5) is 5.82 Å². The van der Waals surface area contributed by atoms with Gasteiger partial charge >= 0.3 is 5.97 Å². The minimum atomic E-state index is -0.862. The Kier molecular flexibility index (Phi) is 5.70. The number of aromatic nitrogens is 1. The highest BCUT2D eigenvalue weighted by Gasteiger charge is 2.20. The van der Waals surface area contributed by atoms with E-state index in [1.54, 1.807) is 7.11 Å². The van der Waals surface area contributed by atoms with E-state index in [9.17, 15) is 9.90 Å². The molecule has 0 saturated heterocycles. The van der Waals surface area contributed by atoms with Crippen LogP contribution in [0.25, 0.3) is 10.9 Å². The van der Waals surface area contributed by atoms with Crippen molar-refractivity contribution in [3.8, 4) is 5.75 Å². The number of fused-ring (bicyclic) bond motifs is 1. The van der Waals surface area contributed by atoms with Gasteiger partial charge in [-0.1, -0.05) is 60.7 Å². The zero-order chi connectivity index (χ0) is 20.9. The van der Waals surface area contributed by atoms with E-state index in [0.717, 1.165) is 33.4 Å². The first kappa shape index (κ1) is 19.6. The Morgan fingerprint density at radius 3 is 2.07 bits per heavy atom. The molecule has 0 fully saturated rings. The van der Waals surface area contributed by atoms with Crippen LogP contribution in [0.15, 0.2) is 78.9 Å². The molecule has 0 aliphatic heterocycles. The number of H-pyrrole nitrogens is 1. The number of benzene rings is 3. The summed E-state index contributed by atoms with van der Waals surface area (Å²) in [5, 5.41) is 10.5. The molecule has 30 heavy (non-hydrogen) atoms. The minimum absolute atomic E-state index is 0.0669. The Hall–Kier alpha value is -3.73. The van der Waals surface area contributed by atoms with E-state index in [-0.39, 0.29) is 6.42 Å². The van der Waals surface area contributed by atoms with Gasteiger partial charge in [0, 0.05) is 29.6 Å². The number of anilines is 1. The Morgan fingerprint density at radius 2 is 1.53 bits per heavy atom. The number of carboxylic acid groups (broad SMARTS) is 1. The van der Waals surface area contributed by atoms with E-state index in [1.165, 1.54) is 0 Å². The van der Waals surface area contributed by atoms with E-state index < -0.39 is 5.97 Å². The van der Waals surface area contributed by atoms with Crippen LogP contribution in [-0.4, -0.2) is 23.2 Å². The van der Waals surface area contributed by atoms with Crippen LogP contribution in [0, 0.1) is 0 Å². The Morgan fingerprint density at radius 1 is 0.933 bits per heavy atom. The van der Waals surface area contributed by atoms with Crippen molar-refractivity contribution in [3.63, 3.8) is 0 Å². The number of nitrogens with one attached hydrogen (secondary N) is 1. The van der Waals surface area contributed by atoms with Gasteiger partial charge in [0.25, 0.3) is 0 Å². The van der Waals surface area contributed by atoms with Gasteiger partial charge in [-0.05, 0) is 29.3 Å². The molecule has 1 aromatic heterocycles. The molecule has 0 amide bonds. The van der Waals surface area contributed by atoms with E-state index >= 15 is 0 Å². The van der Waals surface area contributed by atoms with Gasteiger partial charge in [0.1, 0.15) is 11.6 Å². The quantitative estimate of drug-likeness (QED) is 0.436. The van der Waals surface area contributed by atoms with Gasteiger partial charge in [-0.15, -0.1) is 0 Å². The molecule has 0 atom stereocenters. The van der Waals surface area contributed by atoms with Crippen molar-refractivity contribution in [1.29, 1.82) is 0 Å². The van der Waals surface area contributed by atoms with Crippen LogP contribution >= 0.6 is 0 Å². The lowest BCUT2D eigenvalue weighted by Crippen LogP contribution is -2.24. The highest BCUT2D eigenvalue weighted by molar-refractivity contribution is 5.93. The summed E-state index contributed by atoms with van der Waals surface area (Å²) in [7, 11) is 1.61. The van der Waals surface area contributed by atoms with Gasteiger partial charge in [0.2, 0.25) is 0 Å². The maximum Gasteiger partial charge on any atom is 0.307 e. The molecule has 0 unspecified atom stereocenters. The fourth-order valence-electron chi connectivity index (χ4n) is 3.76. The number of methoxy groups -OCH3 is 1. The number of hydrogen-bond donors (Lipinski definition) is 2. The molecule has 5 heteroatoms. The first-order chi connectivity index (χ1) is 14.6. The van der Waals surface area contributed by atoms with E-state index in [1.807, 2.05) is 54.6 Å². The van der Waals surface area contributed by atoms with Gasteiger partial charge in [-0.25, -0.2) is 0 Å². The molecule has 1 heterocycles. The highest BCUT2D eigenvalue weighted by atomic mass is 16.5. The number of aliphatic carboxylic acids is 1. The predicted octanol–water partition coefficient (Wildman–Crippen LogP) is 5.01. The Bertz CT molecular complexity index is 1100. The van der Waals surface area contributed by atoms with Crippen molar-refractivity contribution in [2.24, 2.45) is 0 Å². The van der Waals surface area contributed by atoms with Crippen LogP contribution in [0.3, 0.4) is 0 Å². The summed E-state index contributed by atoms with van der Waals surface area (Å²) < 4.78 is 5.37. The SMILES string of the molecule is COc1ccc2[nH]c(N(Cc3ccccc3)Cc3ccccc3)c(CC(=O)O)c2c1. The second-order valence-corrected chi connectivity index (χ2v) is 7.26. The third kappa shape index (κ3) is 4.30. The first-order valence-electron chi connectivity index (χ1n) is 9.87. The number of nitrogens with zero attached hydrogens (tertiary/aromatic N) is 1. The molecule has 0 aliphatic rings. The van der Waals surface area contributed by atoms with Gasteiger partial charge in [-0.2, -0.15) is 0 Å². The van der Waals surface area contributed by atoms with Crippen molar-refractivity contribution in [2.45, 2.75) is 19.5 Å². The largest absolute Gasteiger partial charge is 0.497 e. The average molecular weight is 400 g/mol. The lowest BCUT2D eigenvalue weighted by Gasteiger charge is -2.25. The van der Waals surface area contributed by atoms with Crippen LogP contribution in [0.1, 0.15) is 16.7 Å². The summed E-state index contributed by atoms with van der Waals surface area (Å²) in [6, 6.07) is 26.1. The summed E-state index contributed by atoms with van der Waals surface area (Å²) in [5.41, 5.74) is 3.98. The second kappa shape index (κ2) is 8.74. The fourth-order valence-corrected chi connectivity index (χ4v) is 3.76. The Labute approximate surface area is 175 Å². The summed E-state index contributed by atoms with van der Waals surface area (Å²) in [6.45, 7) is 1.32. The zero-order valence-corrected chi connectivity index (χ0v) is 16.8. The maximum atomic E-state index is 11.7. The van der Waals surface area contributed by atoms with E-state index in [4.69, 9.17) is 4.74 Å². The Balaban J connectivity index is 1.82. The molecule has 0 spiro atoms. The predicted molar refractivity (Wildman–Crippen MR) is 119 cm³/mol. The lowest BCUT2D eigenvalue weighted by atomic mass is 10.1. The van der Waals surface area contributed by atoms with Crippen molar-refractivity contribution in [2.75, 3.05) is 12.0 Å². The molecule has 0 radical (unpaired) electrons. The third-order valence-electron chi connectivity index (χ3n) is 5.17. The lowest BCUT2D eigenvalue weighted by molar-refractivity contribution is -0.136. The maximum absolute atomic E-state index is 11.7. The summed E-state index contributed by atoms with van der Waals surface area (Å²) in [4.78, 5) is 17.4. The monoisotopic (exact) mass is 400 g/mol. The van der Waals surface area contributed by atoms with Crippen LogP contribution < -0.4 is 9.64 Å². The number of carbonyl (C=O) groups is 1. The molecular formula is C25H24N2O3. The molecule has 152 valence electrons. The second-order valence-electron chi connectivity index (χ2n) is 7.26. The smallest absolute Gasteiger partial charge is 0.307 e. The van der Waals surface area contributed by atoms with Gasteiger partial charge in [0.15, 0.2) is 0 Å². The zero-order valence-electron chi connectivity index (χ0n) is 16.8. The molecule has 4 aromatic rings. The van der Waals surface area contributed by atoms with E-state index in [2.05, 4.69) is 34.1 Å². The molecule has 4 rings (SSSR count). The van der Waals surface area contributed by atoms with Crippen molar-refractivity contribution < 1.29 is 14.6 Å². The number of carboxylic acids is 1. The minimum Gasteiger partial charge on any atom is -0.497 e. The molecule has 3 aromatic carbocycles. The number of hydrogen-bond acceptors (Lipinski definition) is 3. The molecular weight excluding hydrogens is 376 g/mol. The first-order valence-corrected chi connectivity index (χ1v) is 9.87. The van der Waals surface area contributed by atoms with Gasteiger partial charge < -0.3 is 19.7 Å². The number of ether oxygens (including phenoxy) is 1. The molecule has 0 aliphatic carbocycles. The van der Waals surface area contributed by atoms with Gasteiger partial charge in [-0.3, -0.25) is 4.79 Å². The summed E-state index contributed by atoms with van der Waals surface area (Å²) in [6.07, 6.45) is -0.0669. The topological polar surface area (TPSA) is 65.6 Å². The molecule has 0 bridgehead atoms. The number of rotatable bonds is 8. The third-order valence-corrected chi connectivity index (χ3v) is 5.17.